The van der Waals surface area contributed by atoms with Crippen LogP contribution in [0.2, 0.25) is 0 Å². The van der Waals surface area contributed by atoms with Crippen LogP contribution in [-0.4, -0.2) is 36.3 Å². The average Bonchev–Trinajstić information content (AvgIpc) is 3.07. The van der Waals surface area contributed by atoms with E-state index in [9.17, 15) is 0 Å². The summed E-state index contributed by atoms with van der Waals surface area (Å²) in [4.78, 5) is 8.87. The standard InChI is InChI=1S/C11H15N3O2/c1-12-9-4-10(16-8-5-15-6-8)14-11(13-9)7-2-3-7/h4,7-8H,2-3,5-6H2,1H3,(H,12,13,14). The number of anilines is 1. The summed E-state index contributed by atoms with van der Waals surface area (Å²) in [6.45, 7) is 1.33. The van der Waals surface area contributed by atoms with Crippen LogP contribution in [0.25, 0.3) is 0 Å². The van der Waals surface area contributed by atoms with E-state index >= 15 is 0 Å². The maximum atomic E-state index is 5.70. The molecule has 16 heavy (non-hydrogen) atoms. The van der Waals surface area contributed by atoms with E-state index in [2.05, 4.69) is 15.3 Å². The molecule has 5 heteroatoms. The molecule has 1 saturated carbocycles. The highest BCUT2D eigenvalue weighted by Gasteiger charge is 2.28. The predicted molar refractivity (Wildman–Crippen MR) is 58.8 cm³/mol. The van der Waals surface area contributed by atoms with E-state index in [-0.39, 0.29) is 6.10 Å². The second kappa shape index (κ2) is 3.90. The lowest BCUT2D eigenvalue weighted by Crippen LogP contribution is -2.38. The fraction of sp³-hybridized carbons (Fsp3) is 0.636. The molecule has 1 aliphatic carbocycles. The van der Waals surface area contributed by atoms with Gasteiger partial charge in [0.1, 0.15) is 17.7 Å². The van der Waals surface area contributed by atoms with E-state index in [1.807, 2.05) is 13.1 Å². The lowest BCUT2D eigenvalue weighted by atomic mass is 10.3. The minimum absolute atomic E-state index is 0.159. The van der Waals surface area contributed by atoms with Gasteiger partial charge in [0, 0.05) is 19.0 Å². The third kappa shape index (κ3) is 1.95. The van der Waals surface area contributed by atoms with Crippen LogP contribution < -0.4 is 10.1 Å². The van der Waals surface area contributed by atoms with Gasteiger partial charge in [0.05, 0.1) is 13.2 Å². The topological polar surface area (TPSA) is 56.3 Å². The average molecular weight is 221 g/mol. The fourth-order valence-electron chi connectivity index (χ4n) is 1.61. The second-order valence-corrected chi connectivity index (χ2v) is 4.25. The van der Waals surface area contributed by atoms with Gasteiger partial charge in [-0.15, -0.1) is 0 Å². The molecule has 2 aliphatic rings. The summed E-state index contributed by atoms with van der Waals surface area (Å²) in [6, 6.07) is 1.84. The van der Waals surface area contributed by atoms with E-state index in [0.717, 1.165) is 11.6 Å². The van der Waals surface area contributed by atoms with Crippen LogP contribution in [0.4, 0.5) is 5.82 Å². The van der Waals surface area contributed by atoms with Crippen molar-refractivity contribution in [3.8, 4) is 5.88 Å². The van der Waals surface area contributed by atoms with Crippen LogP contribution in [0.15, 0.2) is 6.07 Å². The van der Waals surface area contributed by atoms with Crippen LogP contribution in [0.1, 0.15) is 24.6 Å². The van der Waals surface area contributed by atoms with E-state index in [0.29, 0.717) is 25.0 Å². The maximum absolute atomic E-state index is 5.70. The molecule has 1 saturated heterocycles. The van der Waals surface area contributed by atoms with Crippen LogP contribution in [0, 0.1) is 0 Å². The third-order valence-electron chi connectivity index (χ3n) is 2.81. The third-order valence-corrected chi connectivity index (χ3v) is 2.81. The largest absolute Gasteiger partial charge is 0.469 e. The molecule has 3 rings (SSSR count). The molecular formula is C11H15N3O2. The highest BCUT2D eigenvalue weighted by molar-refractivity contribution is 5.38. The molecule has 86 valence electrons. The Morgan fingerprint density at radius 1 is 1.38 bits per heavy atom. The smallest absolute Gasteiger partial charge is 0.219 e. The molecule has 0 unspecified atom stereocenters. The van der Waals surface area contributed by atoms with Gasteiger partial charge in [-0.2, -0.15) is 4.98 Å². The SMILES string of the molecule is CNc1cc(OC2COC2)nc(C2CC2)n1. The predicted octanol–water partition coefficient (Wildman–Crippen LogP) is 1.17. The van der Waals surface area contributed by atoms with Gasteiger partial charge in [-0.1, -0.05) is 0 Å². The minimum atomic E-state index is 0.159. The highest BCUT2D eigenvalue weighted by atomic mass is 16.6. The Kier molecular flexibility index (Phi) is 2.40. The highest BCUT2D eigenvalue weighted by Crippen LogP contribution is 2.39. The van der Waals surface area contributed by atoms with Gasteiger partial charge in [0.25, 0.3) is 0 Å². The van der Waals surface area contributed by atoms with Crippen molar-refractivity contribution < 1.29 is 9.47 Å². The van der Waals surface area contributed by atoms with Crippen molar-refractivity contribution in [2.75, 3.05) is 25.6 Å². The summed E-state index contributed by atoms with van der Waals surface area (Å²) in [5.41, 5.74) is 0. The van der Waals surface area contributed by atoms with Crippen molar-refractivity contribution >= 4 is 5.82 Å². The first-order valence-corrected chi connectivity index (χ1v) is 5.66. The van der Waals surface area contributed by atoms with Crippen LogP contribution in [0.3, 0.4) is 0 Å². The Balaban J connectivity index is 1.81. The lowest BCUT2D eigenvalue weighted by molar-refractivity contribution is -0.0814. The van der Waals surface area contributed by atoms with Crippen molar-refractivity contribution in [3.05, 3.63) is 11.9 Å². The molecule has 1 aromatic rings. The summed E-state index contributed by atoms with van der Waals surface area (Å²) in [5.74, 6) is 2.93. The maximum Gasteiger partial charge on any atom is 0.219 e. The zero-order chi connectivity index (χ0) is 11.0. The molecule has 5 nitrogen and oxygen atoms in total. The first-order chi connectivity index (χ1) is 7.85. The molecule has 0 amide bonds. The van der Waals surface area contributed by atoms with E-state index < -0.39 is 0 Å². The molecule has 0 aromatic carbocycles. The monoisotopic (exact) mass is 221 g/mol. The quantitative estimate of drug-likeness (QED) is 0.827. The summed E-state index contributed by atoms with van der Waals surface area (Å²) in [5, 5.41) is 3.04. The molecule has 0 spiro atoms. The Morgan fingerprint density at radius 3 is 2.75 bits per heavy atom. The van der Waals surface area contributed by atoms with Crippen molar-refractivity contribution in [3.63, 3.8) is 0 Å². The van der Waals surface area contributed by atoms with Gasteiger partial charge in [-0.25, -0.2) is 4.98 Å². The van der Waals surface area contributed by atoms with Crippen LogP contribution in [-0.2, 0) is 4.74 Å². The molecule has 2 fully saturated rings. The van der Waals surface area contributed by atoms with E-state index in [1.165, 1.54) is 12.8 Å². The summed E-state index contributed by atoms with van der Waals surface area (Å²) in [6.07, 6.45) is 2.55. The summed E-state index contributed by atoms with van der Waals surface area (Å²) >= 11 is 0. The van der Waals surface area contributed by atoms with Gasteiger partial charge < -0.3 is 14.8 Å². The van der Waals surface area contributed by atoms with Crippen molar-refractivity contribution in [2.24, 2.45) is 0 Å². The zero-order valence-electron chi connectivity index (χ0n) is 9.27. The normalized spacial score (nSPS) is 20.3. The number of nitrogens with zero attached hydrogens (tertiary/aromatic N) is 2. The number of hydrogen-bond acceptors (Lipinski definition) is 5. The minimum Gasteiger partial charge on any atom is -0.469 e. The Morgan fingerprint density at radius 2 is 2.19 bits per heavy atom. The van der Waals surface area contributed by atoms with Gasteiger partial charge in [0.15, 0.2) is 0 Å². The Hall–Kier alpha value is -1.36. The molecule has 0 radical (unpaired) electrons. The number of ether oxygens (including phenoxy) is 2. The first kappa shape index (κ1) is 9.84. The second-order valence-electron chi connectivity index (χ2n) is 4.25. The summed E-state index contributed by atoms with van der Waals surface area (Å²) in [7, 11) is 1.86. The van der Waals surface area contributed by atoms with Gasteiger partial charge in [-0.05, 0) is 12.8 Å². The lowest BCUT2D eigenvalue weighted by Gasteiger charge is -2.26. The first-order valence-electron chi connectivity index (χ1n) is 5.66. The Bertz CT molecular complexity index is 389. The number of aromatic nitrogens is 2. The van der Waals surface area contributed by atoms with Crippen molar-refractivity contribution in [2.45, 2.75) is 24.9 Å². The Labute approximate surface area is 94.2 Å². The zero-order valence-corrected chi connectivity index (χ0v) is 9.27. The van der Waals surface area contributed by atoms with Crippen molar-refractivity contribution in [1.29, 1.82) is 0 Å². The van der Waals surface area contributed by atoms with Gasteiger partial charge >= 0.3 is 0 Å². The summed E-state index contributed by atoms with van der Waals surface area (Å²) < 4.78 is 10.8. The molecule has 1 N–H and O–H groups in total. The fourth-order valence-corrected chi connectivity index (χ4v) is 1.61. The van der Waals surface area contributed by atoms with Crippen LogP contribution in [0.5, 0.6) is 5.88 Å². The van der Waals surface area contributed by atoms with Gasteiger partial charge in [-0.3, -0.25) is 0 Å². The van der Waals surface area contributed by atoms with E-state index in [4.69, 9.17) is 9.47 Å². The number of rotatable bonds is 4. The van der Waals surface area contributed by atoms with E-state index in [1.54, 1.807) is 0 Å². The number of hydrogen-bond donors (Lipinski definition) is 1. The molecular weight excluding hydrogens is 206 g/mol. The van der Waals surface area contributed by atoms with Crippen LogP contribution >= 0.6 is 0 Å². The molecule has 1 aromatic heterocycles. The molecule has 1 aliphatic heterocycles. The molecule has 0 bridgehead atoms. The molecule has 0 atom stereocenters. The van der Waals surface area contributed by atoms with Crippen molar-refractivity contribution in [1.82, 2.24) is 9.97 Å². The molecule has 2 heterocycles. The van der Waals surface area contributed by atoms with Gasteiger partial charge in [0.2, 0.25) is 5.88 Å². The number of nitrogens with one attached hydrogen (secondary N) is 1.